The third-order valence-corrected chi connectivity index (χ3v) is 5.45. The van der Waals surface area contributed by atoms with Crippen molar-refractivity contribution in [3.8, 4) is 0 Å². The van der Waals surface area contributed by atoms with Crippen LogP contribution in [0.3, 0.4) is 0 Å². The van der Waals surface area contributed by atoms with Crippen LogP contribution in [0, 0.1) is 5.92 Å². The highest BCUT2D eigenvalue weighted by Gasteiger charge is 2.15. The molecule has 0 aromatic heterocycles. The van der Waals surface area contributed by atoms with Crippen LogP contribution in [0.5, 0.6) is 0 Å². The highest BCUT2D eigenvalue weighted by atomic mass is 32.2. The Balaban J connectivity index is 1.77. The highest BCUT2D eigenvalue weighted by molar-refractivity contribution is 7.90. The predicted octanol–water partition coefficient (Wildman–Crippen LogP) is 1.94. The van der Waals surface area contributed by atoms with Gasteiger partial charge in [-0.1, -0.05) is 13.0 Å². The van der Waals surface area contributed by atoms with Crippen molar-refractivity contribution in [3.05, 3.63) is 29.8 Å². The van der Waals surface area contributed by atoms with Crippen LogP contribution in [0.4, 0.5) is 0 Å². The quantitative estimate of drug-likeness (QED) is 0.805. The van der Waals surface area contributed by atoms with Crippen molar-refractivity contribution in [1.82, 2.24) is 10.2 Å². The molecule has 1 saturated heterocycles. The van der Waals surface area contributed by atoms with Gasteiger partial charge >= 0.3 is 0 Å². The van der Waals surface area contributed by atoms with Gasteiger partial charge in [-0.3, -0.25) is 4.79 Å². The van der Waals surface area contributed by atoms with E-state index in [1.54, 1.807) is 12.1 Å². The maximum atomic E-state index is 12.1. The molecule has 0 atom stereocenters. The van der Waals surface area contributed by atoms with Gasteiger partial charge in [0.15, 0.2) is 9.84 Å². The van der Waals surface area contributed by atoms with Crippen LogP contribution in [0.25, 0.3) is 0 Å². The van der Waals surface area contributed by atoms with E-state index in [9.17, 15) is 13.2 Å². The van der Waals surface area contributed by atoms with Crippen LogP contribution in [-0.2, 0) is 9.84 Å². The minimum Gasteiger partial charge on any atom is -0.352 e. The lowest BCUT2D eigenvalue weighted by Gasteiger charge is -2.30. The van der Waals surface area contributed by atoms with Crippen LogP contribution in [0.2, 0.25) is 0 Å². The van der Waals surface area contributed by atoms with E-state index in [1.165, 1.54) is 25.0 Å². The molecule has 1 amide bonds. The Morgan fingerprint density at radius 3 is 2.65 bits per heavy atom. The number of carbonyl (C=O) groups excluding carboxylic acids is 1. The van der Waals surface area contributed by atoms with Crippen molar-refractivity contribution in [2.75, 3.05) is 32.4 Å². The molecular weight excluding hydrogens is 312 g/mol. The van der Waals surface area contributed by atoms with Crippen molar-refractivity contribution in [2.45, 2.75) is 31.1 Å². The van der Waals surface area contributed by atoms with Crippen molar-refractivity contribution in [3.63, 3.8) is 0 Å². The molecule has 6 heteroatoms. The van der Waals surface area contributed by atoms with E-state index in [0.717, 1.165) is 38.2 Å². The van der Waals surface area contributed by atoms with Gasteiger partial charge in [0.2, 0.25) is 0 Å². The van der Waals surface area contributed by atoms with Gasteiger partial charge in [-0.25, -0.2) is 8.42 Å². The number of piperidine rings is 1. The molecule has 5 nitrogen and oxygen atoms in total. The number of carbonyl (C=O) groups is 1. The summed E-state index contributed by atoms with van der Waals surface area (Å²) in [5.74, 6) is 0.607. The van der Waals surface area contributed by atoms with Crippen LogP contribution >= 0.6 is 0 Å². The first-order valence-corrected chi connectivity index (χ1v) is 10.1. The van der Waals surface area contributed by atoms with Gasteiger partial charge in [0.25, 0.3) is 5.91 Å². The summed E-state index contributed by atoms with van der Waals surface area (Å²) in [6.45, 7) is 6.18. The van der Waals surface area contributed by atoms with Crippen LogP contribution in [0.1, 0.15) is 36.5 Å². The van der Waals surface area contributed by atoms with Crippen LogP contribution < -0.4 is 5.32 Å². The number of nitrogens with one attached hydrogen (secondary N) is 1. The number of hydrogen-bond acceptors (Lipinski definition) is 4. The van der Waals surface area contributed by atoms with E-state index in [4.69, 9.17) is 0 Å². The molecule has 1 aromatic rings. The standard InChI is InChI=1S/C17H26N2O3S/c1-14-7-11-19(12-8-14)10-4-9-18-17(20)15-5-3-6-16(13-15)23(2,21)22/h3,5-6,13-14H,4,7-12H2,1-2H3,(H,18,20). The van der Waals surface area contributed by atoms with Gasteiger partial charge in [-0.2, -0.15) is 0 Å². The average molecular weight is 338 g/mol. The monoisotopic (exact) mass is 338 g/mol. The molecule has 0 bridgehead atoms. The molecule has 0 unspecified atom stereocenters. The van der Waals surface area contributed by atoms with E-state index in [1.807, 2.05) is 0 Å². The Bertz CT molecular complexity index is 635. The lowest BCUT2D eigenvalue weighted by molar-refractivity contribution is 0.0950. The fraction of sp³-hybridized carbons (Fsp3) is 0.588. The second-order valence-corrected chi connectivity index (χ2v) is 8.45. The number of hydrogen-bond donors (Lipinski definition) is 1. The van der Waals surface area contributed by atoms with E-state index in [-0.39, 0.29) is 10.8 Å². The lowest BCUT2D eigenvalue weighted by Crippen LogP contribution is -2.35. The molecule has 0 saturated carbocycles. The van der Waals surface area contributed by atoms with E-state index in [0.29, 0.717) is 12.1 Å². The number of likely N-dealkylation sites (tertiary alicyclic amines) is 1. The average Bonchev–Trinajstić information content (AvgIpc) is 2.52. The first kappa shape index (κ1) is 17.9. The molecule has 0 aliphatic carbocycles. The minimum absolute atomic E-state index is 0.174. The van der Waals surface area contributed by atoms with Gasteiger partial charge in [0, 0.05) is 18.4 Å². The van der Waals surface area contributed by atoms with Crippen molar-refractivity contribution in [1.29, 1.82) is 0 Å². The third-order valence-electron chi connectivity index (χ3n) is 4.34. The fourth-order valence-electron chi connectivity index (χ4n) is 2.76. The summed E-state index contributed by atoms with van der Waals surface area (Å²) in [5, 5.41) is 2.87. The Labute approximate surface area is 139 Å². The summed E-state index contributed by atoms with van der Waals surface area (Å²) in [4.78, 5) is 14.7. The fourth-order valence-corrected chi connectivity index (χ4v) is 3.43. The van der Waals surface area contributed by atoms with Gasteiger partial charge < -0.3 is 10.2 Å². The largest absolute Gasteiger partial charge is 0.352 e. The summed E-state index contributed by atoms with van der Waals surface area (Å²) in [6, 6.07) is 6.16. The topological polar surface area (TPSA) is 66.5 Å². The minimum atomic E-state index is -3.29. The zero-order valence-corrected chi connectivity index (χ0v) is 14.7. The number of amides is 1. The number of nitrogens with zero attached hydrogens (tertiary/aromatic N) is 1. The van der Waals surface area contributed by atoms with Gasteiger partial charge in [0.05, 0.1) is 4.90 Å². The van der Waals surface area contributed by atoms with Crippen LogP contribution in [-0.4, -0.2) is 51.7 Å². The van der Waals surface area contributed by atoms with Gasteiger partial charge in [-0.15, -0.1) is 0 Å². The predicted molar refractivity (Wildman–Crippen MR) is 91.3 cm³/mol. The maximum Gasteiger partial charge on any atom is 0.251 e. The zero-order chi connectivity index (χ0) is 16.9. The maximum absolute atomic E-state index is 12.1. The second-order valence-electron chi connectivity index (χ2n) is 6.43. The molecule has 2 rings (SSSR count). The van der Waals surface area contributed by atoms with Crippen molar-refractivity contribution < 1.29 is 13.2 Å². The Morgan fingerprint density at radius 2 is 2.00 bits per heavy atom. The Morgan fingerprint density at radius 1 is 1.30 bits per heavy atom. The van der Waals surface area contributed by atoms with Crippen molar-refractivity contribution in [2.24, 2.45) is 5.92 Å². The molecule has 23 heavy (non-hydrogen) atoms. The first-order valence-electron chi connectivity index (χ1n) is 8.17. The lowest BCUT2D eigenvalue weighted by atomic mass is 9.99. The van der Waals surface area contributed by atoms with Gasteiger partial charge in [0.1, 0.15) is 0 Å². The van der Waals surface area contributed by atoms with Gasteiger partial charge in [-0.05, 0) is 63.0 Å². The molecule has 1 fully saturated rings. The zero-order valence-electron chi connectivity index (χ0n) is 13.9. The SMILES string of the molecule is CC1CCN(CCCNC(=O)c2cccc(S(C)(=O)=O)c2)CC1. The smallest absolute Gasteiger partial charge is 0.251 e. The van der Waals surface area contributed by atoms with E-state index >= 15 is 0 Å². The van der Waals surface area contributed by atoms with Crippen molar-refractivity contribution >= 4 is 15.7 Å². The summed E-state index contributed by atoms with van der Waals surface area (Å²) >= 11 is 0. The second kappa shape index (κ2) is 7.93. The first-order chi connectivity index (χ1) is 10.9. The van der Waals surface area contributed by atoms with E-state index in [2.05, 4.69) is 17.1 Å². The molecule has 1 aliphatic heterocycles. The number of rotatable bonds is 6. The Kier molecular flexibility index (Phi) is 6.18. The van der Waals surface area contributed by atoms with E-state index < -0.39 is 9.84 Å². The number of benzene rings is 1. The molecule has 0 radical (unpaired) electrons. The molecule has 1 aromatic carbocycles. The molecule has 0 spiro atoms. The molecule has 1 aliphatic rings. The summed E-state index contributed by atoms with van der Waals surface area (Å²) in [5.41, 5.74) is 0.389. The molecule has 1 heterocycles. The Hall–Kier alpha value is -1.40. The molecule has 1 N–H and O–H groups in total. The normalized spacial score (nSPS) is 17.1. The summed E-state index contributed by atoms with van der Waals surface area (Å²) in [7, 11) is -3.29. The molecule has 128 valence electrons. The summed E-state index contributed by atoms with van der Waals surface area (Å²) in [6.07, 6.45) is 4.56. The molecular formula is C17H26N2O3S. The highest BCUT2D eigenvalue weighted by Crippen LogP contribution is 2.15. The number of sulfone groups is 1. The summed E-state index contributed by atoms with van der Waals surface area (Å²) < 4.78 is 23.1. The van der Waals surface area contributed by atoms with Crippen LogP contribution in [0.15, 0.2) is 29.2 Å². The third kappa shape index (κ3) is 5.62.